The average molecular weight is 503 g/mol. The third-order valence-corrected chi connectivity index (χ3v) is 5.80. The van der Waals surface area contributed by atoms with E-state index in [1.54, 1.807) is 24.3 Å². The lowest BCUT2D eigenvalue weighted by atomic mass is 10.1. The summed E-state index contributed by atoms with van der Waals surface area (Å²) in [6.07, 6.45) is -0.00292. The summed E-state index contributed by atoms with van der Waals surface area (Å²) in [5, 5.41) is 2.58. The van der Waals surface area contributed by atoms with Crippen LogP contribution < -0.4 is 15.0 Å². The van der Waals surface area contributed by atoms with Crippen molar-refractivity contribution >= 4 is 35.1 Å². The number of nitrogens with one attached hydrogen (secondary N) is 1. The number of anilines is 2. The van der Waals surface area contributed by atoms with Gasteiger partial charge in [0, 0.05) is 24.3 Å². The zero-order valence-electron chi connectivity index (χ0n) is 20.4. The van der Waals surface area contributed by atoms with Gasteiger partial charge in [0.15, 0.2) is 6.61 Å². The molecule has 1 aliphatic heterocycles. The third-order valence-electron chi connectivity index (χ3n) is 5.80. The monoisotopic (exact) mass is 502 g/mol. The molecule has 0 unspecified atom stereocenters. The number of hydrogen-bond acceptors (Lipinski definition) is 7. The molecule has 3 aromatic rings. The predicted molar refractivity (Wildman–Crippen MR) is 136 cm³/mol. The molecule has 0 bridgehead atoms. The van der Waals surface area contributed by atoms with Crippen LogP contribution in [0.25, 0.3) is 0 Å². The number of amides is 2. The number of ether oxygens (including phenoxy) is 3. The van der Waals surface area contributed by atoms with Crippen molar-refractivity contribution in [3.05, 3.63) is 83.9 Å². The summed E-state index contributed by atoms with van der Waals surface area (Å²) >= 11 is 0. The van der Waals surface area contributed by atoms with E-state index in [-0.39, 0.29) is 18.9 Å². The second-order valence-electron chi connectivity index (χ2n) is 8.54. The van der Waals surface area contributed by atoms with Crippen molar-refractivity contribution in [2.75, 3.05) is 30.5 Å². The number of hydrogen-bond donors (Lipinski definition) is 1. The summed E-state index contributed by atoms with van der Waals surface area (Å²) < 4.78 is 15.6. The molecule has 1 heterocycles. The van der Waals surface area contributed by atoms with E-state index in [4.69, 9.17) is 9.47 Å². The van der Waals surface area contributed by atoms with Crippen LogP contribution in [-0.4, -0.2) is 44.0 Å². The number of aryl methyl sites for hydroxylation is 1. The van der Waals surface area contributed by atoms with E-state index < -0.39 is 30.4 Å². The lowest BCUT2D eigenvalue weighted by Gasteiger charge is -2.17. The van der Waals surface area contributed by atoms with Gasteiger partial charge in [-0.25, -0.2) is 4.79 Å². The topological polar surface area (TPSA) is 111 Å². The molecule has 1 fully saturated rings. The van der Waals surface area contributed by atoms with Crippen LogP contribution in [0, 0.1) is 12.8 Å². The van der Waals surface area contributed by atoms with Crippen molar-refractivity contribution in [1.82, 2.24) is 0 Å². The van der Waals surface area contributed by atoms with E-state index in [0.717, 1.165) is 5.56 Å². The van der Waals surface area contributed by atoms with Crippen molar-refractivity contribution in [1.29, 1.82) is 0 Å². The van der Waals surface area contributed by atoms with Gasteiger partial charge < -0.3 is 24.4 Å². The lowest BCUT2D eigenvalue weighted by molar-refractivity contribution is -0.151. The minimum atomic E-state index is -0.678. The fourth-order valence-corrected chi connectivity index (χ4v) is 3.81. The van der Waals surface area contributed by atoms with Gasteiger partial charge in [0.2, 0.25) is 5.91 Å². The Hall–Kier alpha value is -4.66. The number of methoxy groups -OCH3 is 1. The largest absolute Gasteiger partial charge is 0.465 e. The number of carbonyl (C=O) groups is 4. The Balaban J connectivity index is 1.26. The lowest BCUT2D eigenvalue weighted by Crippen LogP contribution is -2.28. The molecule has 1 atom stereocenters. The number of benzene rings is 3. The SMILES string of the molecule is COC(=O)c1ccc(NC(=O)COC(=O)[C@H]2CC(=O)N(c3ccc(Oc4ccc(C)cc4)cc3)C2)cc1. The van der Waals surface area contributed by atoms with Gasteiger partial charge in [-0.05, 0) is 67.6 Å². The van der Waals surface area contributed by atoms with Crippen LogP contribution in [0.1, 0.15) is 22.3 Å². The first kappa shape index (κ1) is 25.4. The Labute approximate surface area is 213 Å². The molecule has 2 amide bonds. The first-order valence-electron chi connectivity index (χ1n) is 11.6. The van der Waals surface area contributed by atoms with E-state index in [9.17, 15) is 19.2 Å². The molecule has 0 saturated carbocycles. The molecule has 0 spiro atoms. The zero-order chi connectivity index (χ0) is 26.4. The first-order chi connectivity index (χ1) is 17.8. The van der Waals surface area contributed by atoms with Gasteiger partial charge in [0.05, 0.1) is 18.6 Å². The van der Waals surface area contributed by atoms with Gasteiger partial charge in [0.1, 0.15) is 11.5 Å². The van der Waals surface area contributed by atoms with Gasteiger partial charge in [-0.3, -0.25) is 14.4 Å². The van der Waals surface area contributed by atoms with Crippen LogP contribution in [0.2, 0.25) is 0 Å². The second kappa shape index (κ2) is 11.4. The fourth-order valence-electron chi connectivity index (χ4n) is 3.81. The summed E-state index contributed by atoms with van der Waals surface area (Å²) in [5.41, 5.74) is 2.56. The average Bonchev–Trinajstić information content (AvgIpc) is 3.30. The van der Waals surface area contributed by atoms with Gasteiger partial charge in [-0.1, -0.05) is 17.7 Å². The normalized spacial score (nSPS) is 14.7. The molecule has 37 heavy (non-hydrogen) atoms. The molecule has 1 N–H and O–H groups in total. The molecule has 0 aliphatic carbocycles. The highest BCUT2D eigenvalue weighted by atomic mass is 16.5. The highest BCUT2D eigenvalue weighted by molar-refractivity contribution is 6.00. The van der Waals surface area contributed by atoms with Crippen molar-refractivity contribution in [2.24, 2.45) is 5.92 Å². The molecule has 9 nitrogen and oxygen atoms in total. The van der Waals surface area contributed by atoms with Crippen LogP contribution in [0.5, 0.6) is 11.5 Å². The van der Waals surface area contributed by atoms with Crippen LogP contribution in [-0.2, 0) is 23.9 Å². The van der Waals surface area contributed by atoms with Crippen molar-refractivity contribution < 1.29 is 33.4 Å². The minimum Gasteiger partial charge on any atom is -0.465 e. The highest BCUT2D eigenvalue weighted by Crippen LogP contribution is 2.29. The van der Waals surface area contributed by atoms with E-state index in [2.05, 4.69) is 10.1 Å². The molecule has 190 valence electrons. The van der Waals surface area contributed by atoms with E-state index in [1.165, 1.54) is 36.3 Å². The maximum atomic E-state index is 12.5. The van der Waals surface area contributed by atoms with Crippen LogP contribution >= 0.6 is 0 Å². The molecular weight excluding hydrogens is 476 g/mol. The van der Waals surface area contributed by atoms with E-state index in [1.807, 2.05) is 31.2 Å². The Morgan fingerprint density at radius 1 is 0.919 bits per heavy atom. The van der Waals surface area contributed by atoms with Gasteiger partial charge in [-0.15, -0.1) is 0 Å². The number of carbonyl (C=O) groups excluding carboxylic acids is 4. The molecular formula is C28H26N2O7. The first-order valence-corrected chi connectivity index (χ1v) is 11.6. The Kier molecular flexibility index (Phi) is 7.83. The summed E-state index contributed by atoms with van der Waals surface area (Å²) in [6, 6.07) is 20.8. The van der Waals surface area contributed by atoms with Crippen LogP contribution in [0.15, 0.2) is 72.8 Å². The molecule has 4 rings (SSSR count). The molecule has 0 radical (unpaired) electrons. The number of nitrogens with zero attached hydrogens (tertiary/aromatic N) is 1. The minimum absolute atomic E-state index is 0.00292. The van der Waals surface area contributed by atoms with E-state index >= 15 is 0 Å². The molecule has 9 heteroatoms. The standard InChI is InChI=1S/C28H26N2O7/c1-18-3-11-23(12-4-18)37-24-13-9-22(10-14-24)30-16-20(15-26(30)32)28(34)36-17-25(31)29-21-7-5-19(6-8-21)27(33)35-2/h3-14,20H,15-17H2,1-2H3,(H,29,31)/t20-/m0/s1. The number of esters is 2. The van der Waals surface area contributed by atoms with Gasteiger partial charge in [-0.2, -0.15) is 0 Å². The van der Waals surface area contributed by atoms with Crippen molar-refractivity contribution in [2.45, 2.75) is 13.3 Å². The Morgan fingerprint density at radius 3 is 2.16 bits per heavy atom. The fraction of sp³-hybridized carbons (Fsp3) is 0.214. The quantitative estimate of drug-likeness (QED) is 0.462. The van der Waals surface area contributed by atoms with Crippen molar-refractivity contribution in [3.8, 4) is 11.5 Å². The maximum Gasteiger partial charge on any atom is 0.337 e. The molecule has 1 saturated heterocycles. The third kappa shape index (κ3) is 6.52. The smallest absolute Gasteiger partial charge is 0.337 e. The zero-order valence-corrected chi connectivity index (χ0v) is 20.4. The van der Waals surface area contributed by atoms with Gasteiger partial charge >= 0.3 is 11.9 Å². The molecule has 0 aromatic heterocycles. The number of rotatable bonds is 8. The summed E-state index contributed by atoms with van der Waals surface area (Å²) in [4.78, 5) is 50.2. The Morgan fingerprint density at radius 2 is 1.54 bits per heavy atom. The second-order valence-corrected chi connectivity index (χ2v) is 8.54. The summed E-state index contributed by atoms with van der Waals surface area (Å²) in [5.74, 6) is -1.19. The van der Waals surface area contributed by atoms with Crippen molar-refractivity contribution in [3.63, 3.8) is 0 Å². The summed E-state index contributed by atoms with van der Waals surface area (Å²) in [7, 11) is 1.28. The van der Waals surface area contributed by atoms with Gasteiger partial charge in [0.25, 0.3) is 5.91 Å². The van der Waals surface area contributed by atoms with Crippen LogP contribution in [0.3, 0.4) is 0 Å². The Bertz CT molecular complexity index is 1290. The van der Waals surface area contributed by atoms with E-state index in [0.29, 0.717) is 28.4 Å². The highest BCUT2D eigenvalue weighted by Gasteiger charge is 2.36. The summed E-state index contributed by atoms with van der Waals surface area (Å²) in [6.45, 7) is 1.66. The molecule has 1 aliphatic rings. The maximum absolute atomic E-state index is 12.5. The van der Waals surface area contributed by atoms with Crippen LogP contribution in [0.4, 0.5) is 11.4 Å². The predicted octanol–water partition coefficient (Wildman–Crippen LogP) is 4.11. The molecule has 3 aromatic carbocycles.